The number of thiazole rings is 1. The molecular weight excluding hydrogens is 458 g/mol. The molecule has 0 aliphatic heterocycles. The van der Waals surface area contributed by atoms with Gasteiger partial charge in [0.25, 0.3) is 0 Å². The van der Waals surface area contributed by atoms with E-state index < -0.39 is 0 Å². The number of anilines is 2. The SMILES string of the molecule is CC(Sc1cccc(NC(=O)Cc2ccccc2)c1)C(=O)Nc1nc(-c2cccs2)cs1. The number of amides is 2. The molecule has 0 aliphatic rings. The lowest BCUT2D eigenvalue weighted by Gasteiger charge is -2.12. The summed E-state index contributed by atoms with van der Waals surface area (Å²) in [6.45, 7) is 1.86. The second-order valence-electron chi connectivity index (χ2n) is 7.00. The summed E-state index contributed by atoms with van der Waals surface area (Å²) < 4.78 is 0. The van der Waals surface area contributed by atoms with Gasteiger partial charge < -0.3 is 10.6 Å². The first-order valence-electron chi connectivity index (χ1n) is 9.97. The van der Waals surface area contributed by atoms with Crippen molar-refractivity contribution in [2.45, 2.75) is 23.5 Å². The lowest BCUT2D eigenvalue weighted by molar-refractivity contribution is -0.116. The summed E-state index contributed by atoms with van der Waals surface area (Å²) in [5, 5.41) is 10.0. The number of nitrogens with zero attached hydrogens (tertiary/aromatic N) is 1. The Balaban J connectivity index is 1.32. The van der Waals surface area contributed by atoms with Crippen molar-refractivity contribution in [1.82, 2.24) is 4.98 Å². The Morgan fingerprint density at radius 3 is 2.62 bits per heavy atom. The molecule has 0 bridgehead atoms. The van der Waals surface area contributed by atoms with Crippen LogP contribution < -0.4 is 10.6 Å². The predicted octanol–water partition coefficient (Wildman–Crippen LogP) is 6.17. The minimum atomic E-state index is -0.320. The average Bonchev–Trinajstić information content (AvgIpc) is 3.46. The Labute approximate surface area is 198 Å². The number of carbonyl (C=O) groups excluding carboxylic acids is 2. The largest absolute Gasteiger partial charge is 0.326 e. The number of rotatable bonds is 8. The molecule has 162 valence electrons. The van der Waals surface area contributed by atoms with Gasteiger partial charge in [-0.1, -0.05) is 42.5 Å². The molecule has 8 heteroatoms. The topological polar surface area (TPSA) is 71.1 Å². The summed E-state index contributed by atoms with van der Waals surface area (Å²) in [5.41, 5.74) is 2.55. The zero-order chi connectivity index (χ0) is 22.3. The van der Waals surface area contributed by atoms with Crippen LogP contribution in [0.25, 0.3) is 10.6 Å². The lowest BCUT2D eigenvalue weighted by Crippen LogP contribution is -2.22. The maximum Gasteiger partial charge on any atom is 0.239 e. The number of nitrogens with one attached hydrogen (secondary N) is 2. The van der Waals surface area contributed by atoms with Crippen LogP contribution in [0.3, 0.4) is 0 Å². The summed E-state index contributed by atoms with van der Waals surface area (Å²) in [7, 11) is 0. The summed E-state index contributed by atoms with van der Waals surface area (Å²) in [4.78, 5) is 31.5. The molecule has 0 aliphatic carbocycles. The highest BCUT2D eigenvalue weighted by atomic mass is 32.2. The first-order valence-corrected chi connectivity index (χ1v) is 12.6. The van der Waals surface area contributed by atoms with Crippen LogP contribution in [0.5, 0.6) is 0 Å². The van der Waals surface area contributed by atoms with E-state index in [-0.39, 0.29) is 17.1 Å². The monoisotopic (exact) mass is 479 g/mol. The van der Waals surface area contributed by atoms with E-state index in [1.54, 1.807) is 11.3 Å². The predicted molar refractivity (Wildman–Crippen MR) is 135 cm³/mol. The number of carbonyl (C=O) groups is 2. The van der Waals surface area contributed by atoms with Gasteiger partial charge in [0, 0.05) is 16.0 Å². The first-order chi connectivity index (χ1) is 15.6. The van der Waals surface area contributed by atoms with Gasteiger partial charge in [-0.2, -0.15) is 0 Å². The highest BCUT2D eigenvalue weighted by Crippen LogP contribution is 2.30. The van der Waals surface area contributed by atoms with Gasteiger partial charge in [-0.25, -0.2) is 4.98 Å². The molecule has 1 unspecified atom stereocenters. The van der Waals surface area contributed by atoms with Crippen LogP contribution in [0.15, 0.2) is 82.4 Å². The summed E-state index contributed by atoms with van der Waals surface area (Å²) in [5.74, 6) is -0.185. The van der Waals surface area contributed by atoms with E-state index in [4.69, 9.17) is 0 Å². The third-order valence-corrected chi connectivity index (χ3v) is 7.26. The highest BCUT2D eigenvalue weighted by Gasteiger charge is 2.17. The molecule has 2 heterocycles. The average molecular weight is 480 g/mol. The van der Waals surface area contributed by atoms with E-state index in [0.29, 0.717) is 17.2 Å². The Kier molecular flexibility index (Phi) is 7.36. The van der Waals surface area contributed by atoms with Crippen molar-refractivity contribution in [1.29, 1.82) is 0 Å². The van der Waals surface area contributed by atoms with Gasteiger partial charge in [0.05, 0.1) is 22.2 Å². The van der Waals surface area contributed by atoms with E-state index in [1.807, 2.05) is 84.4 Å². The van der Waals surface area contributed by atoms with Gasteiger partial charge in [0.15, 0.2) is 5.13 Å². The lowest BCUT2D eigenvalue weighted by atomic mass is 10.1. The van der Waals surface area contributed by atoms with Crippen molar-refractivity contribution in [3.05, 3.63) is 83.1 Å². The molecule has 4 rings (SSSR count). The second-order valence-corrected chi connectivity index (χ2v) is 10.2. The van der Waals surface area contributed by atoms with E-state index in [2.05, 4.69) is 15.6 Å². The Morgan fingerprint density at radius 2 is 1.84 bits per heavy atom. The highest BCUT2D eigenvalue weighted by molar-refractivity contribution is 8.00. The van der Waals surface area contributed by atoms with Crippen molar-refractivity contribution < 1.29 is 9.59 Å². The smallest absolute Gasteiger partial charge is 0.239 e. The summed E-state index contributed by atoms with van der Waals surface area (Å²) in [6.07, 6.45) is 0.318. The first kappa shape index (κ1) is 22.3. The maximum absolute atomic E-state index is 12.6. The molecule has 0 saturated carbocycles. The standard InChI is InChI=1S/C24H21N3O2S3/c1-16(23(29)27-24-26-20(15-31-24)21-11-6-12-30-21)32-19-10-5-9-18(14-19)25-22(28)13-17-7-3-2-4-8-17/h2-12,14-16H,13H2,1H3,(H,25,28)(H,26,27,29). The van der Waals surface area contributed by atoms with Crippen LogP contribution in [-0.2, 0) is 16.0 Å². The van der Waals surface area contributed by atoms with E-state index in [9.17, 15) is 9.59 Å². The normalized spacial score (nSPS) is 11.7. The molecule has 2 aromatic carbocycles. The third-order valence-electron chi connectivity index (χ3n) is 4.52. The Bertz CT molecular complexity index is 1190. The van der Waals surface area contributed by atoms with Crippen LogP contribution >= 0.6 is 34.4 Å². The van der Waals surface area contributed by atoms with Crippen LogP contribution in [0.4, 0.5) is 10.8 Å². The van der Waals surface area contributed by atoms with E-state index >= 15 is 0 Å². The number of hydrogen-bond donors (Lipinski definition) is 2. The van der Waals surface area contributed by atoms with Gasteiger partial charge in [0.2, 0.25) is 11.8 Å². The minimum absolute atomic E-state index is 0.0746. The fourth-order valence-electron chi connectivity index (χ4n) is 2.97. The number of thiophene rings is 1. The minimum Gasteiger partial charge on any atom is -0.326 e. The second kappa shape index (κ2) is 10.6. The zero-order valence-corrected chi connectivity index (χ0v) is 19.7. The van der Waals surface area contributed by atoms with Gasteiger partial charge in [-0.3, -0.25) is 9.59 Å². The summed E-state index contributed by atoms with van der Waals surface area (Å²) in [6, 6.07) is 21.1. The van der Waals surface area contributed by atoms with Gasteiger partial charge >= 0.3 is 0 Å². The number of thioether (sulfide) groups is 1. The molecule has 4 aromatic rings. The molecule has 0 radical (unpaired) electrons. The van der Waals surface area contributed by atoms with Crippen molar-refractivity contribution in [2.24, 2.45) is 0 Å². The molecule has 1 atom stereocenters. The van der Waals surface area contributed by atoms with Crippen LogP contribution in [0, 0.1) is 0 Å². The van der Waals surface area contributed by atoms with Crippen LogP contribution in [0.2, 0.25) is 0 Å². The van der Waals surface area contributed by atoms with Crippen molar-refractivity contribution in [3.8, 4) is 10.6 Å². The molecule has 2 amide bonds. The van der Waals surface area contributed by atoms with Crippen LogP contribution in [-0.4, -0.2) is 22.0 Å². The quantitative estimate of drug-likeness (QED) is 0.296. The van der Waals surface area contributed by atoms with Gasteiger partial charge in [0.1, 0.15) is 0 Å². The van der Waals surface area contributed by atoms with Crippen molar-refractivity contribution in [3.63, 3.8) is 0 Å². The molecule has 2 N–H and O–H groups in total. The molecule has 2 aromatic heterocycles. The number of benzene rings is 2. The Morgan fingerprint density at radius 1 is 1.00 bits per heavy atom. The summed E-state index contributed by atoms with van der Waals surface area (Å²) >= 11 is 4.47. The fourth-order valence-corrected chi connectivity index (χ4v) is 5.37. The molecule has 0 saturated heterocycles. The van der Waals surface area contributed by atoms with E-state index in [1.165, 1.54) is 23.1 Å². The number of aromatic nitrogens is 1. The molecule has 5 nitrogen and oxygen atoms in total. The Hall–Kier alpha value is -2.94. The number of hydrogen-bond acceptors (Lipinski definition) is 6. The van der Waals surface area contributed by atoms with E-state index in [0.717, 1.165) is 21.0 Å². The van der Waals surface area contributed by atoms with Gasteiger partial charge in [-0.15, -0.1) is 34.4 Å². The van der Waals surface area contributed by atoms with Gasteiger partial charge in [-0.05, 0) is 42.1 Å². The fraction of sp³-hybridized carbons (Fsp3) is 0.125. The maximum atomic E-state index is 12.6. The molecule has 0 fully saturated rings. The zero-order valence-electron chi connectivity index (χ0n) is 17.3. The molecular formula is C24H21N3O2S3. The molecule has 32 heavy (non-hydrogen) atoms. The molecule has 0 spiro atoms. The van der Waals surface area contributed by atoms with Crippen molar-refractivity contribution in [2.75, 3.05) is 10.6 Å². The third kappa shape index (κ3) is 6.06. The van der Waals surface area contributed by atoms with Crippen molar-refractivity contribution >= 4 is 57.1 Å². The van der Waals surface area contributed by atoms with Crippen LogP contribution in [0.1, 0.15) is 12.5 Å².